The first-order chi connectivity index (χ1) is 11.6. The van der Waals surface area contributed by atoms with Gasteiger partial charge in [-0.05, 0) is 38.6 Å². The molecule has 4 heteroatoms. The molecule has 0 aromatic rings. The summed E-state index contributed by atoms with van der Waals surface area (Å²) in [5, 5.41) is 2.86. The third-order valence-electron chi connectivity index (χ3n) is 4.83. The van der Waals surface area contributed by atoms with Crippen LogP contribution in [0.15, 0.2) is 23.8 Å². The predicted octanol–water partition coefficient (Wildman–Crippen LogP) is 4.70. The number of allylic oxidation sites excluding steroid dienone is 3. The van der Waals surface area contributed by atoms with Crippen LogP contribution in [0, 0.1) is 5.41 Å². The van der Waals surface area contributed by atoms with Gasteiger partial charge in [0, 0.05) is 18.4 Å². The van der Waals surface area contributed by atoms with Crippen molar-refractivity contribution in [2.24, 2.45) is 11.1 Å². The highest BCUT2D eigenvalue weighted by molar-refractivity contribution is 5.67. The number of alkyl carbamates (subject to hydrolysis) is 1. The van der Waals surface area contributed by atoms with E-state index in [2.05, 4.69) is 30.5 Å². The summed E-state index contributed by atoms with van der Waals surface area (Å²) < 4.78 is 5.58. The molecule has 0 aliphatic heterocycles. The second kappa shape index (κ2) is 11.3. The number of carbonyl (C=O) groups is 1. The average molecular weight is 337 g/mol. The second-order valence-electron chi connectivity index (χ2n) is 6.68. The molecule has 2 aliphatic rings. The number of hydrogen-bond donors (Lipinski definition) is 2. The maximum atomic E-state index is 11.9. The van der Waals surface area contributed by atoms with Gasteiger partial charge in [-0.2, -0.15) is 0 Å². The lowest BCUT2D eigenvalue weighted by molar-refractivity contribution is 0.0732. The van der Waals surface area contributed by atoms with Crippen molar-refractivity contribution in [3.63, 3.8) is 0 Å². The van der Waals surface area contributed by atoms with Crippen molar-refractivity contribution in [3.05, 3.63) is 23.8 Å². The minimum absolute atomic E-state index is 0.0306. The van der Waals surface area contributed by atoms with Crippen LogP contribution in [0.2, 0.25) is 0 Å². The Hall–Kier alpha value is -1.29. The summed E-state index contributed by atoms with van der Waals surface area (Å²) in [7, 11) is 0. The molecule has 2 aliphatic carbocycles. The summed E-state index contributed by atoms with van der Waals surface area (Å²) in [6, 6.07) is 0. The number of unbranched alkanes of at least 4 members (excludes halogenated alkanes) is 3. The zero-order chi connectivity index (χ0) is 17.8. The highest BCUT2D eigenvalue weighted by atomic mass is 16.6. The Bertz CT molecular complexity index is 431. The Kier molecular flexibility index (Phi) is 9.77. The van der Waals surface area contributed by atoms with E-state index in [1.807, 2.05) is 13.8 Å². The Morgan fingerprint density at radius 2 is 2.08 bits per heavy atom. The molecule has 1 fully saturated rings. The number of carbonyl (C=O) groups excluding carboxylic acids is 1. The molecule has 24 heavy (non-hydrogen) atoms. The third kappa shape index (κ3) is 6.68. The summed E-state index contributed by atoms with van der Waals surface area (Å²) in [6.07, 6.45) is 14.8. The fraction of sp³-hybridized carbons (Fsp3) is 0.750. The summed E-state index contributed by atoms with van der Waals surface area (Å²) in [6.45, 7) is 7.73. The zero-order valence-electron chi connectivity index (χ0n) is 15.8. The van der Waals surface area contributed by atoms with E-state index in [9.17, 15) is 4.79 Å². The summed E-state index contributed by atoms with van der Waals surface area (Å²) in [4.78, 5) is 11.9. The van der Waals surface area contributed by atoms with Crippen molar-refractivity contribution in [2.45, 2.75) is 78.2 Å². The molecule has 1 saturated carbocycles. The summed E-state index contributed by atoms with van der Waals surface area (Å²) in [5.41, 5.74) is 7.08. The van der Waals surface area contributed by atoms with Crippen molar-refractivity contribution in [2.75, 3.05) is 13.1 Å². The second-order valence-corrected chi connectivity index (χ2v) is 6.68. The quantitative estimate of drug-likeness (QED) is 0.523. The van der Waals surface area contributed by atoms with Gasteiger partial charge in [0.25, 0.3) is 0 Å². The SMILES string of the molecule is CC.CC12C=CCC=C1CC(OC(=O)NCCCCCCN)CC2. The molecule has 0 spiro atoms. The molecule has 2 rings (SSSR count). The molecule has 0 saturated heterocycles. The van der Waals surface area contributed by atoms with Crippen molar-refractivity contribution >= 4 is 6.09 Å². The van der Waals surface area contributed by atoms with Crippen LogP contribution in [-0.4, -0.2) is 25.3 Å². The van der Waals surface area contributed by atoms with Gasteiger partial charge < -0.3 is 15.8 Å². The first-order valence-corrected chi connectivity index (χ1v) is 9.66. The number of nitrogens with one attached hydrogen (secondary N) is 1. The molecule has 4 nitrogen and oxygen atoms in total. The van der Waals surface area contributed by atoms with E-state index in [0.717, 1.165) is 57.9 Å². The monoisotopic (exact) mass is 336 g/mol. The van der Waals surface area contributed by atoms with Gasteiger partial charge in [-0.1, -0.05) is 57.4 Å². The van der Waals surface area contributed by atoms with Gasteiger partial charge in [0.1, 0.15) is 6.10 Å². The van der Waals surface area contributed by atoms with Gasteiger partial charge in [-0.25, -0.2) is 4.79 Å². The van der Waals surface area contributed by atoms with E-state index in [1.54, 1.807) is 0 Å². The van der Waals surface area contributed by atoms with Gasteiger partial charge in [-0.15, -0.1) is 0 Å². The van der Waals surface area contributed by atoms with Gasteiger partial charge in [0.2, 0.25) is 0 Å². The van der Waals surface area contributed by atoms with E-state index in [1.165, 1.54) is 5.57 Å². The fourth-order valence-electron chi connectivity index (χ4n) is 3.35. The number of amides is 1. The lowest BCUT2D eigenvalue weighted by Crippen LogP contribution is -2.35. The highest BCUT2D eigenvalue weighted by Crippen LogP contribution is 2.44. The van der Waals surface area contributed by atoms with Crippen LogP contribution in [-0.2, 0) is 4.74 Å². The van der Waals surface area contributed by atoms with Gasteiger partial charge in [0.05, 0.1) is 0 Å². The Labute approximate surface area is 147 Å². The first kappa shape index (κ1) is 20.8. The molecular formula is C20H36N2O2. The smallest absolute Gasteiger partial charge is 0.407 e. The predicted molar refractivity (Wildman–Crippen MR) is 101 cm³/mol. The van der Waals surface area contributed by atoms with E-state index in [0.29, 0.717) is 6.54 Å². The number of hydrogen-bond acceptors (Lipinski definition) is 3. The number of nitrogens with two attached hydrogens (primary N) is 1. The van der Waals surface area contributed by atoms with Gasteiger partial charge in [0.15, 0.2) is 0 Å². The minimum Gasteiger partial charge on any atom is -0.446 e. The highest BCUT2D eigenvalue weighted by Gasteiger charge is 2.35. The van der Waals surface area contributed by atoms with Crippen molar-refractivity contribution < 1.29 is 9.53 Å². The molecule has 0 bridgehead atoms. The number of ether oxygens (including phenoxy) is 1. The van der Waals surface area contributed by atoms with Crippen LogP contribution in [0.25, 0.3) is 0 Å². The summed E-state index contributed by atoms with van der Waals surface area (Å²) in [5.74, 6) is 0. The topological polar surface area (TPSA) is 64.3 Å². The lowest BCUT2D eigenvalue weighted by Gasteiger charge is -2.39. The molecule has 0 aromatic heterocycles. The maximum Gasteiger partial charge on any atom is 0.407 e. The molecular weight excluding hydrogens is 300 g/mol. The van der Waals surface area contributed by atoms with Crippen molar-refractivity contribution in [1.29, 1.82) is 0 Å². The Balaban J connectivity index is 0.00000139. The largest absolute Gasteiger partial charge is 0.446 e. The van der Waals surface area contributed by atoms with E-state index >= 15 is 0 Å². The normalized spacial score (nSPS) is 25.0. The zero-order valence-corrected chi connectivity index (χ0v) is 15.8. The fourth-order valence-corrected chi connectivity index (χ4v) is 3.35. The average Bonchev–Trinajstić information content (AvgIpc) is 2.60. The molecule has 2 atom stereocenters. The maximum absolute atomic E-state index is 11.9. The first-order valence-electron chi connectivity index (χ1n) is 9.66. The van der Waals surface area contributed by atoms with E-state index < -0.39 is 0 Å². The lowest BCUT2D eigenvalue weighted by atomic mass is 9.68. The summed E-state index contributed by atoms with van der Waals surface area (Å²) >= 11 is 0. The van der Waals surface area contributed by atoms with Crippen molar-refractivity contribution in [3.8, 4) is 0 Å². The van der Waals surface area contributed by atoms with Crippen LogP contribution >= 0.6 is 0 Å². The third-order valence-corrected chi connectivity index (χ3v) is 4.83. The van der Waals surface area contributed by atoms with Crippen LogP contribution in [0.1, 0.15) is 72.1 Å². The van der Waals surface area contributed by atoms with Crippen LogP contribution in [0.4, 0.5) is 4.79 Å². The van der Waals surface area contributed by atoms with Crippen molar-refractivity contribution in [1.82, 2.24) is 5.32 Å². The van der Waals surface area contributed by atoms with Crippen LogP contribution < -0.4 is 11.1 Å². The number of fused-ring (bicyclic) bond motifs is 1. The number of rotatable bonds is 7. The molecule has 138 valence electrons. The van der Waals surface area contributed by atoms with Gasteiger partial charge >= 0.3 is 6.09 Å². The minimum atomic E-state index is -0.264. The Morgan fingerprint density at radius 1 is 1.33 bits per heavy atom. The molecule has 0 aromatic carbocycles. The molecule has 3 N–H and O–H groups in total. The van der Waals surface area contributed by atoms with Crippen LogP contribution in [0.3, 0.4) is 0 Å². The molecule has 0 radical (unpaired) electrons. The van der Waals surface area contributed by atoms with Crippen LogP contribution in [0.5, 0.6) is 0 Å². The molecule has 1 amide bonds. The van der Waals surface area contributed by atoms with E-state index in [-0.39, 0.29) is 17.6 Å². The van der Waals surface area contributed by atoms with Gasteiger partial charge in [-0.3, -0.25) is 0 Å². The Morgan fingerprint density at radius 3 is 2.83 bits per heavy atom. The molecule has 2 unspecified atom stereocenters. The molecule has 0 heterocycles. The standard InChI is InChI=1S/C18H30N2O2.C2H6/c1-18-10-5-4-8-15(18)14-16(9-11-18)22-17(21)20-13-7-3-2-6-12-19;1-2/h5,8,10,16H,2-4,6-7,9,11-14,19H2,1H3,(H,20,21);1-2H3. The van der Waals surface area contributed by atoms with E-state index in [4.69, 9.17) is 10.5 Å².